The van der Waals surface area contributed by atoms with Crippen LogP contribution in [0.15, 0.2) is 18.2 Å². The third-order valence-electron chi connectivity index (χ3n) is 4.47. The lowest BCUT2D eigenvalue weighted by Crippen LogP contribution is -2.26. The molecule has 104 valence electrons. The number of benzene rings is 1. The Hall–Kier alpha value is -1.51. The quantitative estimate of drug-likeness (QED) is 0.839. The molecule has 0 saturated heterocycles. The number of nitrogens with one attached hydrogen (secondary N) is 1. The van der Waals surface area contributed by atoms with E-state index in [-0.39, 0.29) is 0 Å². The molecule has 0 heterocycles. The van der Waals surface area contributed by atoms with Gasteiger partial charge in [-0.1, -0.05) is 25.8 Å². The van der Waals surface area contributed by atoms with E-state index in [2.05, 4.69) is 12.2 Å². The van der Waals surface area contributed by atoms with E-state index in [1.807, 2.05) is 19.1 Å². The van der Waals surface area contributed by atoms with Crippen molar-refractivity contribution in [3.8, 4) is 0 Å². The van der Waals surface area contributed by atoms with Crippen LogP contribution >= 0.6 is 0 Å². The van der Waals surface area contributed by atoms with Crippen molar-refractivity contribution in [1.82, 2.24) is 0 Å². The molecule has 0 spiro atoms. The topological polar surface area (TPSA) is 49.3 Å². The molecule has 3 nitrogen and oxygen atoms in total. The highest BCUT2D eigenvalue weighted by atomic mass is 16.4. The molecule has 0 radical (unpaired) electrons. The van der Waals surface area contributed by atoms with Crippen molar-refractivity contribution in [1.29, 1.82) is 0 Å². The summed E-state index contributed by atoms with van der Waals surface area (Å²) in [6.45, 7) is 5.11. The van der Waals surface area contributed by atoms with Gasteiger partial charge in [-0.15, -0.1) is 0 Å². The highest BCUT2D eigenvalue weighted by Gasteiger charge is 2.31. The summed E-state index contributed by atoms with van der Waals surface area (Å²) in [7, 11) is 0. The molecule has 0 amide bonds. The molecule has 3 heteroatoms. The average molecular weight is 261 g/mol. The number of aromatic carboxylic acids is 1. The van der Waals surface area contributed by atoms with Crippen LogP contribution in [0.5, 0.6) is 0 Å². The molecule has 19 heavy (non-hydrogen) atoms. The zero-order chi connectivity index (χ0) is 13.9. The normalized spacial score (nSPS) is 17.4. The SMILES string of the molecule is CCC1(CNc2cc(C)ccc2C(=O)O)CCCC1. The van der Waals surface area contributed by atoms with Crippen LogP contribution in [0.4, 0.5) is 5.69 Å². The van der Waals surface area contributed by atoms with Gasteiger partial charge in [0.2, 0.25) is 0 Å². The number of rotatable bonds is 5. The molecule has 1 fully saturated rings. The van der Waals surface area contributed by atoms with Crippen LogP contribution in [0.1, 0.15) is 54.9 Å². The number of hydrogen-bond donors (Lipinski definition) is 2. The maximum Gasteiger partial charge on any atom is 0.337 e. The number of aryl methyl sites for hydroxylation is 1. The molecule has 0 aliphatic heterocycles. The van der Waals surface area contributed by atoms with Gasteiger partial charge in [0.25, 0.3) is 0 Å². The predicted molar refractivity (Wildman–Crippen MR) is 77.8 cm³/mol. The van der Waals surface area contributed by atoms with E-state index >= 15 is 0 Å². The number of carboxylic acids is 1. The minimum Gasteiger partial charge on any atom is -0.478 e. The van der Waals surface area contributed by atoms with Crippen LogP contribution in [0.3, 0.4) is 0 Å². The van der Waals surface area contributed by atoms with Gasteiger partial charge in [0.05, 0.1) is 5.56 Å². The fourth-order valence-corrected chi connectivity index (χ4v) is 3.05. The van der Waals surface area contributed by atoms with E-state index < -0.39 is 5.97 Å². The van der Waals surface area contributed by atoms with Crippen LogP contribution in [-0.4, -0.2) is 17.6 Å². The van der Waals surface area contributed by atoms with Crippen LogP contribution in [0.2, 0.25) is 0 Å². The second kappa shape index (κ2) is 5.64. The van der Waals surface area contributed by atoms with Crippen molar-refractivity contribution in [2.75, 3.05) is 11.9 Å². The summed E-state index contributed by atoms with van der Waals surface area (Å²) in [6.07, 6.45) is 6.27. The van der Waals surface area contributed by atoms with Gasteiger partial charge in [-0.2, -0.15) is 0 Å². The monoisotopic (exact) mass is 261 g/mol. The largest absolute Gasteiger partial charge is 0.478 e. The maximum absolute atomic E-state index is 11.2. The Balaban J connectivity index is 2.14. The Morgan fingerprint density at radius 1 is 1.37 bits per heavy atom. The summed E-state index contributed by atoms with van der Waals surface area (Å²) < 4.78 is 0. The first kappa shape index (κ1) is 13.9. The Morgan fingerprint density at radius 3 is 2.63 bits per heavy atom. The van der Waals surface area contributed by atoms with E-state index in [0.29, 0.717) is 11.0 Å². The second-order valence-electron chi connectivity index (χ2n) is 5.77. The first-order chi connectivity index (χ1) is 9.06. The molecule has 2 N–H and O–H groups in total. The summed E-state index contributed by atoms with van der Waals surface area (Å²) in [6, 6.07) is 5.47. The lowest BCUT2D eigenvalue weighted by molar-refractivity contribution is 0.0698. The smallest absolute Gasteiger partial charge is 0.337 e. The van der Waals surface area contributed by atoms with Gasteiger partial charge in [-0.25, -0.2) is 4.79 Å². The van der Waals surface area contributed by atoms with Crippen molar-refractivity contribution in [2.24, 2.45) is 5.41 Å². The first-order valence-corrected chi connectivity index (χ1v) is 7.14. The fraction of sp³-hybridized carbons (Fsp3) is 0.562. The summed E-state index contributed by atoms with van der Waals surface area (Å²) in [5.74, 6) is -0.862. The molecular formula is C16H23NO2. The Kier molecular flexibility index (Phi) is 4.13. The molecule has 1 aromatic rings. The summed E-state index contributed by atoms with van der Waals surface area (Å²) in [4.78, 5) is 11.2. The fourth-order valence-electron chi connectivity index (χ4n) is 3.05. The van der Waals surface area contributed by atoms with Gasteiger partial charge < -0.3 is 10.4 Å². The number of anilines is 1. The van der Waals surface area contributed by atoms with Crippen LogP contribution < -0.4 is 5.32 Å². The molecule has 2 rings (SSSR count). The number of carbonyl (C=O) groups is 1. The lowest BCUT2D eigenvalue weighted by atomic mass is 9.83. The Bertz CT molecular complexity index is 462. The van der Waals surface area contributed by atoms with Crippen molar-refractivity contribution < 1.29 is 9.90 Å². The van der Waals surface area contributed by atoms with Gasteiger partial charge in [0.1, 0.15) is 0 Å². The van der Waals surface area contributed by atoms with Crippen LogP contribution in [-0.2, 0) is 0 Å². The Morgan fingerprint density at radius 2 is 2.05 bits per heavy atom. The molecule has 1 saturated carbocycles. The zero-order valence-electron chi connectivity index (χ0n) is 11.8. The molecule has 0 aromatic heterocycles. The molecule has 1 aliphatic rings. The first-order valence-electron chi connectivity index (χ1n) is 7.14. The molecule has 1 aromatic carbocycles. The van der Waals surface area contributed by atoms with Gasteiger partial charge in [-0.3, -0.25) is 0 Å². The predicted octanol–water partition coefficient (Wildman–Crippen LogP) is 4.08. The molecule has 1 aliphatic carbocycles. The highest BCUT2D eigenvalue weighted by Crippen LogP contribution is 2.41. The van der Waals surface area contributed by atoms with Crippen molar-refractivity contribution in [3.63, 3.8) is 0 Å². The van der Waals surface area contributed by atoms with Crippen molar-refractivity contribution in [3.05, 3.63) is 29.3 Å². The average Bonchev–Trinajstić information content (AvgIpc) is 2.85. The summed E-state index contributed by atoms with van der Waals surface area (Å²) in [5, 5.41) is 12.6. The van der Waals surface area contributed by atoms with Gasteiger partial charge in [-0.05, 0) is 49.3 Å². The van der Waals surface area contributed by atoms with Crippen molar-refractivity contribution >= 4 is 11.7 Å². The second-order valence-corrected chi connectivity index (χ2v) is 5.77. The minimum absolute atomic E-state index is 0.361. The van der Waals surface area contributed by atoms with Crippen molar-refractivity contribution in [2.45, 2.75) is 46.0 Å². The Labute approximate surface area is 115 Å². The standard InChI is InChI=1S/C16H23NO2/c1-3-16(8-4-5-9-16)11-17-14-10-12(2)6-7-13(14)15(18)19/h6-7,10,17H,3-5,8-9,11H2,1-2H3,(H,18,19). The van der Waals surface area contributed by atoms with Gasteiger partial charge >= 0.3 is 5.97 Å². The maximum atomic E-state index is 11.2. The van der Waals surface area contributed by atoms with E-state index in [1.165, 1.54) is 25.7 Å². The van der Waals surface area contributed by atoms with Gasteiger partial charge in [0, 0.05) is 12.2 Å². The third kappa shape index (κ3) is 3.09. The molecule has 0 unspecified atom stereocenters. The molecule has 0 bridgehead atoms. The van der Waals surface area contributed by atoms with E-state index in [9.17, 15) is 9.90 Å². The highest BCUT2D eigenvalue weighted by molar-refractivity contribution is 5.94. The zero-order valence-corrected chi connectivity index (χ0v) is 11.8. The minimum atomic E-state index is -0.862. The number of carboxylic acid groups (broad SMARTS) is 1. The summed E-state index contributed by atoms with van der Waals surface area (Å²) in [5.41, 5.74) is 2.58. The lowest BCUT2D eigenvalue weighted by Gasteiger charge is -2.28. The van der Waals surface area contributed by atoms with Gasteiger partial charge in [0.15, 0.2) is 0 Å². The molecular weight excluding hydrogens is 238 g/mol. The van der Waals surface area contributed by atoms with E-state index in [0.717, 1.165) is 24.2 Å². The van der Waals surface area contributed by atoms with Crippen LogP contribution in [0.25, 0.3) is 0 Å². The van der Waals surface area contributed by atoms with E-state index in [4.69, 9.17) is 0 Å². The summed E-state index contributed by atoms with van der Waals surface area (Å²) >= 11 is 0. The van der Waals surface area contributed by atoms with Crippen LogP contribution in [0, 0.1) is 12.3 Å². The number of hydrogen-bond acceptors (Lipinski definition) is 2. The third-order valence-corrected chi connectivity index (χ3v) is 4.47. The van der Waals surface area contributed by atoms with E-state index in [1.54, 1.807) is 6.07 Å². The molecule has 0 atom stereocenters.